The average molecular weight is 705 g/mol. The minimum absolute atomic E-state index is 0.0439. The lowest BCUT2D eigenvalue weighted by Gasteiger charge is -2.25. The smallest absolute Gasteiger partial charge is 0.407 e. The number of fused-ring (bicyclic) bond motifs is 4. The highest BCUT2D eigenvalue weighted by atomic mass is 32.2. The number of carboxylic acid groups (broad SMARTS) is 1. The normalized spacial score (nSPS) is 15.7. The zero-order chi connectivity index (χ0) is 36.6. The van der Waals surface area contributed by atoms with Crippen molar-refractivity contribution in [3.63, 3.8) is 0 Å². The van der Waals surface area contributed by atoms with Crippen molar-refractivity contribution in [3.05, 3.63) is 81.9 Å². The number of aliphatic carboxylic acids is 1. The molecule has 1 heterocycles. The van der Waals surface area contributed by atoms with Crippen LogP contribution in [-0.2, 0) is 26.0 Å². The first-order valence-electron chi connectivity index (χ1n) is 16.9. The van der Waals surface area contributed by atoms with E-state index in [-0.39, 0.29) is 42.8 Å². The Balaban J connectivity index is 1.23. The second kappa shape index (κ2) is 14.0. The third kappa shape index (κ3) is 7.90. The lowest BCUT2D eigenvalue weighted by atomic mass is 9.94. The molecule has 5 rings (SSSR count). The van der Waals surface area contributed by atoms with E-state index in [2.05, 4.69) is 20.3 Å². The average Bonchev–Trinajstić information content (AvgIpc) is 3.53. The second-order valence-electron chi connectivity index (χ2n) is 14.8. The summed E-state index contributed by atoms with van der Waals surface area (Å²) in [4.78, 5) is 29.6. The largest absolute Gasteiger partial charge is 0.487 e. The maximum Gasteiger partial charge on any atom is 0.407 e. The quantitative estimate of drug-likeness (QED) is 0.112. The van der Waals surface area contributed by atoms with Crippen molar-refractivity contribution in [3.8, 4) is 16.9 Å². The van der Waals surface area contributed by atoms with E-state index in [1.165, 1.54) is 0 Å². The van der Waals surface area contributed by atoms with Crippen LogP contribution < -0.4 is 20.1 Å². The van der Waals surface area contributed by atoms with Gasteiger partial charge in [-0.25, -0.2) is 22.7 Å². The van der Waals surface area contributed by atoms with Gasteiger partial charge in [0.1, 0.15) is 24.0 Å². The molecule has 1 amide bonds. The lowest BCUT2D eigenvalue weighted by Crippen LogP contribution is -2.49. The molecule has 1 aliphatic heterocycles. The van der Waals surface area contributed by atoms with E-state index in [9.17, 15) is 23.1 Å². The van der Waals surface area contributed by atoms with Crippen LogP contribution in [-0.4, -0.2) is 61.9 Å². The SMILES string of the molecule is Cc1c(C)c(S(=O)(=O)NC(=NCCCC(NC(=O)OCC2c3ccccc3-c3ccccc32)C(=O)O)NC(C)(C)C)c(C)c2c1OC(C)(C)C2. The number of guanidine groups is 1. The maximum absolute atomic E-state index is 13.9. The molecule has 0 bridgehead atoms. The zero-order valence-corrected chi connectivity index (χ0v) is 30.9. The Morgan fingerprint density at radius 3 is 2.18 bits per heavy atom. The van der Waals surface area contributed by atoms with Crippen LogP contribution in [0.15, 0.2) is 58.4 Å². The summed E-state index contributed by atoms with van der Waals surface area (Å²) in [6.45, 7) is 15.2. The molecule has 2 aliphatic rings. The Bertz CT molecular complexity index is 1900. The van der Waals surface area contributed by atoms with Gasteiger partial charge in [0.05, 0.1) is 4.90 Å². The summed E-state index contributed by atoms with van der Waals surface area (Å²) < 4.78 is 42.2. The number of nitrogens with zero attached hydrogens (tertiary/aromatic N) is 1. The highest BCUT2D eigenvalue weighted by molar-refractivity contribution is 7.90. The minimum Gasteiger partial charge on any atom is -0.487 e. The fourth-order valence-corrected chi connectivity index (χ4v) is 8.36. The third-order valence-corrected chi connectivity index (χ3v) is 10.8. The number of carbonyl (C=O) groups is 2. The molecular formula is C38H48N4O7S. The molecule has 1 unspecified atom stereocenters. The molecule has 3 aromatic rings. The summed E-state index contributed by atoms with van der Waals surface area (Å²) in [5.74, 6) is -0.578. The molecule has 0 fully saturated rings. The Hall–Kier alpha value is -4.58. The second-order valence-corrected chi connectivity index (χ2v) is 16.4. The van der Waals surface area contributed by atoms with Crippen LogP contribution in [0, 0.1) is 20.8 Å². The van der Waals surface area contributed by atoms with Gasteiger partial charge in [0.2, 0.25) is 5.96 Å². The summed E-state index contributed by atoms with van der Waals surface area (Å²) in [5.41, 5.74) is 6.22. The fourth-order valence-electron chi connectivity index (χ4n) is 6.80. The molecule has 12 heteroatoms. The number of nitrogens with one attached hydrogen (secondary N) is 3. The van der Waals surface area contributed by atoms with Crippen molar-refractivity contribution in [1.29, 1.82) is 0 Å². The summed E-state index contributed by atoms with van der Waals surface area (Å²) in [7, 11) is -4.07. The standard InChI is InChI=1S/C38H48N4O7S/c1-22-23(2)33(24(3)29-20-38(7,8)49-32(22)29)50(46,47)42-35(41-37(4,5)6)39-19-13-18-31(34(43)44)40-36(45)48-21-30-27-16-11-9-14-25(27)26-15-10-12-17-28(26)30/h9-12,14-17,30-31H,13,18-21H2,1-8H3,(H,40,45)(H,43,44)(H2,39,41,42). The van der Waals surface area contributed by atoms with Gasteiger partial charge in [-0.2, -0.15) is 0 Å². The number of amides is 1. The first-order valence-corrected chi connectivity index (χ1v) is 18.4. The predicted octanol–water partition coefficient (Wildman–Crippen LogP) is 6.12. The number of sulfonamides is 1. The lowest BCUT2D eigenvalue weighted by molar-refractivity contribution is -0.139. The molecule has 3 aromatic carbocycles. The van der Waals surface area contributed by atoms with Gasteiger partial charge in [-0.15, -0.1) is 0 Å². The minimum atomic E-state index is -4.07. The van der Waals surface area contributed by atoms with Crippen molar-refractivity contribution >= 4 is 28.0 Å². The molecule has 1 aliphatic carbocycles. The van der Waals surface area contributed by atoms with E-state index in [0.29, 0.717) is 17.5 Å². The zero-order valence-electron chi connectivity index (χ0n) is 30.1. The van der Waals surface area contributed by atoms with E-state index in [0.717, 1.165) is 39.1 Å². The van der Waals surface area contributed by atoms with Crippen molar-refractivity contribution in [2.45, 2.75) is 103 Å². The Morgan fingerprint density at radius 1 is 1.00 bits per heavy atom. The van der Waals surface area contributed by atoms with E-state index in [4.69, 9.17) is 9.47 Å². The Labute approximate surface area is 294 Å². The van der Waals surface area contributed by atoms with Gasteiger partial charge in [0.15, 0.2) is 0 Å². The summed E-state index contributed by atoms with van der Waals surface area (Å²) >= 11 is 0. The maximum atomic E-state index is 13.9. The Morgan fingerprint density at radius 2 is 1.60 bits per heavy atom. The van der Waals surface area contributed by atoms with Crippen molar-refractivity contribution in [1.82, 2.24) is 15.4 Å². The van der Waals surface area contributed by atoms with Crippen LogP contribution in [0.3, 0.4) is 0 Å². The molecule has 0 saturated carbocycles. The first-order chi connectivity index (χ1) is 23.4. The van der Waals surface area contributed by atoms with Crippen LogP contribution in [0.1, 0.15) is 86.8 Å². The van der Waals surface area contributed by atoms with Crippen LogP contribution >= 0.6 is 0 Å². The predicted molar refractivity (Wildman–Crippen MR) is 193 cm³/mol. The number of rotatable bonds is 10. The van der Waals surface area contributed by atoms with Crippen LogP contribution in [0.5, 0.6) is 5.75 Å². The molecule has 0 saturated heterocycles. The van der Waals surface area contributed by atoms with Crippen LogP contribution in [0.25, 0.3) is 11.1 Å². The van der Waals surface area contributed by atoms with E-state index < -0.39 is 39.3 Å². The molecule has 0 radical (unpaired) electrons. The molecule has 0 spiro atoms. The first kappa shape index (κ1) is 36.7. The number of carbonyl (C=O) groups excluding carboxylic acids is 1. The number of ether oxygens (including phenoxy) is 2. The fraction of sp³-hybridized carbons (Fsp3) is 0.447. The molecule has 1 atom stereocenters. The third-order valence-electron chi connectivity index (χ3n) is 9.14. The molecular weight excluding hydrogens is 657 g/mol. The highest BCUT2D eigenvalue weighted by Gasteiger charge is 2.37. The Kier molecular flexibility index (Phi) is 10.3. The summed E-state index contributed by atoms with van der Waals surface area (Å²) in [5, 5.41) is 15.5. The topological polar surface area (TPSA) is 155 Å². The number of benzene rings is 3. The summed E-state index contributed by atoms with van der Waals surface area (Å²) in [6.07, 6.45) is 0.0691. The van der Waals surface area contributed by atoms with E-state index >= 15 is 0 Å². The van der Waals surface area contributed by atoms with E-state index in [1.54, 1.807) is 13.8 Å². The van der Waals surface area contributed by atoms with Crippen molar-refractivity contribution in [2.75, 3.05) is 13.2 Å². The molecule has 268 valence electrons. The summed E-state index contributed by atoms with van der Waals surface area (Å²) in [6, 6.07) is 14.7. The highest BCUT2D eigenvalue weighted by Crippen LogP contribution is 2.45. The van der Waals surface area contributed by atoms with Crippen molar-refractivity contribution in [2.24, 2.45) is 4.99 Å². The van der Waals surface area contributed by atoms with Gasteiger partial charge < -0.3 is 25.2 Å². The number of aliphatic imine (C=N–C) groups is 1. The number of carboxylic acids is 1. The van der Waals surface area contributed by atoms with E-state index in [1.807, 2.05) is 90.1 Å². The molecule has 4 N–H and O–H groups in total. The van der Waals surface area contributed by atoms with Gasteiger partial charge >= 0.3 is 12.1 Å². The number of hydrogen-bond donors (Lipinski definition) is 4. The van der Waals surface area contributed by atoms with Crippen LogP contribution in [0.4, 0.5) is 4.79 Å². The monoisotopic (exact) mass is 704 g/mol. The molecule has 50 heavy (non-hydrogen) atoms. The number of hydrogen-bond acceptors (Lipinski definition) is 7. The van der Waals surface area contributed by atoms with Gasteiger partial charge in [-0.1, -0.05) is 48.5 Å². The van der Waals surface area contributed by atoms with Gasteiger partial charge in [-0.3, -0.25) is 4.99 Å². The van der Waals surface area contributed by atoms with Gasteiger partial charge in [-0.05, 0) is 107 Å². The molecule has 0 aromatic heterocycles. The van der Waals surface area contributed by atoms with Crippen molar-refractivity contribution < 1.29 is 32.6 Å². The van der Waals surface area contributed by atoms with Gasteiger partial charge in [0.25, 0.3) is 10.0 Å². The van der Waals surface area contributed by atoms with Gasteiger partial charge in [0, 0.05) is 30.0 Å². The molecule has 11 nitrogen and oxygen atoms in total. The number of alkyl carbamates (subject to hydrolysis) is 1. The van der Waals surface area contributed by atoms with Crippen LogP contribution in [0.2, 0.25) is 0 Å².